The summed E-state index contributed by atoms with van der Waals surface area (Å²) < 4.78 is 5.26. The van der Waals surface area contributed by atoms with Crippen LogP contribution < -0.4 is 0 Å². The van der Waals surface area contributed by atoms with Crippen LogP contribution in [0.15, 0.2) is 41.4 Å². The van der Waals surface area contributed by atoms with Crippen LogP contribution >= 0.6 is 0 Å². The van der Waals surface area contributed by atoms with Gasteiger partial charge < -0.3 is 9.42 Å². The molecule has 0 radical (unpaired) electrons. The number of likely N-dealkylation sites (tertiary alicyclic amines) is 1. The van der Waals surface area contributed by atoms with Crippen molar-refractivity contribution in [2.75, 3.05) is 13.1 Å². The van der Waals surface area contributed by atoms with Crippen LogP contribution in [0, 0.1) is 19.8 Å². The number of carbonyl (C=O) groups is 1. The fraction of sp³-hybridized carbons (Fsp3) is 0.350. The molecule has 1 aliphatic heterocycles. The van der Waals surface area contributed by atoms with Gasteiger partial charge in [-0.1, -0.05) is 11.2 Å². The molecule has 0 aromatic carbocycles. The molecular formula is C20H21N5O2. The Morgan fingerprint density at radius 3 is 2.81 bits per heavy atom. The van der Waals surface area contributed by atoms with Gasteiger partial charge in [0.15, 0.2) is 0 Å². The third-order valence-electron chi connectivity index (χ3n) is 4.97. The molecule has 1 atom stereocenters. The van der Waals surface area contributed by atoms with Gasteiger partial charge in [-0.15, -0.1) is 0 Å². The summed E-state index contributed by atoms with van der Waals surface area (Å²) in [7, 11) is 0. The molecule has 0 N–H and O–H groups in total. The summed E-state index contributed by atoms with van der Waals surface area (Å²) in [5, 5.41) is 4.01. The summed E-state index contributed by atoms with van der Waals surface area (Å²) in [6, 6.07) is 6.04. The van der Waals surface area contributed by atoms with E-state index in [-0.39, 0.29) is 5.91 Å². The lowest BCUT2D eigenvalue weighted by atomic mass is 10.0. The van der Waals surface area contributed by atoms with Crippen LogP contribution in [0.25, 0.3) is 11.3 Å². The minimum atomic E-state index is -0.00414. The average Bonchev–Trinajstić information content (AvgIpc) is 3.28. The lowest BCUT2D eigenvalue weighted by molar-refractivity contribution is 0.0786. The predicted octanol–water partition coefficient (Wildman–Crippen LogP) is 2.85. The van der Waals surface area contributed by atoms with Gasteiger partial charge >= 0.3 is 0 Å². The van der Waals surface area contributed by atoms with E-state index in [4.69, 9.17) is 9.51 Å². The van der Waals surface area contributed by atoms with Crippen LogP contribution in [0.1, 0.15) is 33.9 Å². The van der Waals surface area contributed by atoms with Crippen LogP contribution in [0.4, 0.5) is 0 Å². The van der Waals surface area contributed by atoms with E-state index >= 15 is 0 Å². The van der Waals surface area contributed by atoms with E-state index < -0.39 is 0 Å². The number of rotatable bonds is 4. The summed E-state index contributed by atoms with van der Waals surface area (Å²) >= 11 is 0. The number of aromatic nitrogens is 4. The van der Waals surface area contributed by atoms with E-state index in [2.05, 4.69) is 15.1 Å². The molecule has 4 heterocycles. The molecule has 0 unspecified atom stereocenters. The molecule has 4 rings (SSSR count). The maximum absolute atomic E-state index is 12.5. The Hall–Kier alpha value is -3.09. The predicted molar refractivity (Wildman–Crippen MR) is 99.0 cm³/mol. The molecule has 27 heavy (non-hydrogen) atoms. The van der Waals surface area contributed by atoms with E-state index in [1.54, 1.807) is 12.4 Å². The average molecular weight is 363 g/mol. The highest BCUT2D eigenvalue weighted by Gasteiger charge is 2.27. The number of carbonyl (C=O) groups excluding carboxylic acids is 1. The molecule has 1 fully saturated rings. The van der Waals surface area contributed by atoms with E-state index in [1.165, 1.54) is 6.33 Å². The third-order valence-corrected chi connectivity index (χ3v) is 4.97. The highest BCUT2D eigenvalue weighted by Crippen LogP contribution is 2.27. The fourth-order valence-corrected chi connectivity index (χ4v) is 3.65. The number of pyridine rings is 1. The van der Waals surface area contributed by atoms with Gasteiger partial charge in [-0.05, 0) is 44.7 Å². The topological polar surface area (TPSA) is 85.0 Å². The largest absolute Gasteiger partial charge is 0.361 e. The molecule has 1 aliphatic rings. The zero-order valence-electron chi connectivity index (χ0n) is 15.4. The Morgan fingerprint density at radius 2 is 2.07 bits per heavy atom. The Kier molecular flexibility index (Phi) is 4.66. The van der Waals surface area contributed by atoms with Crippen molar-refractivity contribution in [1.82, 2.24) is 25.0 Å². The van der Waals surface area contributed by atoms with Crippen LogP contribution in [0.5, 0.6) is 0 Å². The number of aryl methyl sites for hydroxylation is 2. The molecule has 0 saturated carbocycles. The lowest BCUT2D eigenvalue weighted by Crippen LogP contribution is -2.29. The molecule has 3 aromatic rings. The first kappa shape index (κ1) is 17.3. The molecule has 1 amide bonds. The lowest BCUT2D eigenvalue weighted by Gasteiger charge is -2.16. The number of nitrogens with zero attached hydrogens (tertiary/aromatic N) is 5. The Morgan fingerprint density at radius 1 is 1.26 bits per heavy atom. The monoisotopic (exact) mass is 363 g/mol. The van der Waals surface area contributed by atoms with Crippen molar-refractivity contribution >= 4 is 5.91 Å². The van der Waals surface area contributed by atoms with Crippen LogP contribution in [0.3, 0.4) is 0 Å². The molecule has 7 nitrogen and oxygen atoms in total. The second-order valence-corrected chi connectivity index (χ2v) is 6.95. The van der Waals surface area contributed by atoms with Gasteiger partial charge in [0, 0.05) is 31.2 Å². The van der Waals surface area contributed by atoms with Crippen LogP contribution in [-0.4, -0.2) is 44.0 Å². The molecule has 1 saturated heterocycles. The van der Waals surface area contributed by atoms with E-state index in [0.29, 0.717) is 11.5 Å². The standard InChI is InChI=1S/C20H21N5O2/c1-13-19(14(2)27-24-13)18-5-3-4-17(23-18)8-15-6-7-25(11-15)20(26)16-9-21-12-22-10-16/h3-5,9-10,12,15H,6-8,11H2,1-2H3/t15-/m0/s1. The maximum Gasteiger partial charge on any atom is 0.256 e. The second-order valence-electron chi connectivity index (χ2n) is 6.95. The highest BCUT2D eigenvalue weighted by atomic mass is 16.5. The van der Waals surface area contributed by atoms with Crippen molar-refractivity contribution < 1.29 is 9.32 Å². The molecule has 0 aliphatic carbocycles. The van der Waals surface area contributed by atoms with Crippen molar-refractivity contribution in [1.29, 1.82) is 0 Å². The Bertz CT molecular complexity index is 935. The van der Waals surface area contributed by atoms with Gasteiger partial charge in [0.05, 0.1) is 22.5 Å². The summed E-state index contributed by atoms with van der Waals surface area (Å²) in [5.41, 5.74) is 4.26. The SMILES string of the molecule is Cc1noc(C)c1-c1cccc(C[C@@H]2CCN(C(=O)c3cncnc3)C2)n1. The maximum atomic E-state index is 12.5. The zero-order valence-corrected chi connectivity index (χ0v) is 15.4. The van der Waals surface area contributed by atoms with Gasteiger partial charge in [-0.25, -0.2) is 9.97 Å². The fourth-order valence-electron chi connectivity index (χ4n) is 3.65. The number of hydrogen-bond acceptors (Lipinski definition) is 6. The Balaban J connectivity index is 1.45. The van der Waals surface area contributed by atoms with Crippen molar-refractivity contribution in [2.45, 2.75) is 26.7 Å². The summed E-state index contributed by atoms with van der Waals surface area (Å²) in [6.45, 7) is 5.30. The highest BCUT2D eigenvalue weighted by molar-refractivity contribution is 5.93. The van der Waals surface area contributed by atoms with E-state index in [9.17, 15) is 4.79 Å². The van der Waals surface area contributed by atoms with Gasteiger partial charge in [0.25, 0.3) is 5.91 Å². The first-order valence-electron chi connectivity index (χ1n) is 9.05. The molecule has 3 aromatic heterocycles. The molecular weight excluding hydrogens is 342 g/mol. The first-order chi connectivity index (χ1) is 13.1. The summed E-state index contributed by atoms with van der Waals surface area (Å²) in [6.07, 6.45) is 6.37. The van der Waals surface area contributed by atoms with Crippen LogP contribution in [0.2, 0.25) is 0 Å². The molecule has 138 valence electrons. The van der Waals surface area contributed by atoms with Crippen molar-refractivity contribution in [3.63, 3.8) is 0 Å². The summed E-state index contributed by atoms with van der Waals surface area (Å²) in [4.78, 5) is 27.1. The second kappa shape index (κ2) is 7.26. The van der Waals surface area contributed by atoms with Crippen molar-refractivity contribution in [2.24, 2.45) is 5.92 Å². The molecule has 0 bridgehead atoms. The van der Waals surface area contributed by atoms with Crippen molar-refractivity contribution in [3.05, 3.63) is 59.6 Å². The molecule has 0 spiro atoms. The molecule has 7 heteroatoms. The third kappa shape index (κ3) is 3.58. The minimum absolute atomic E-state index is 0.00414. The van der Waals surface area contributed by atoms with Gasteiger partial charge in [0.1, 0.15) is 12.1 Å². The first-order valence-corrected chi connectivity index (χ1v) is 9.05. The van der Waals surface area contributed by atoms with Crippen molar-refractivity contribution in [3.8, 4) is 11.3 Å². The smallest absolute Gasteiger partial charge is 0.256 e. The van der Waals surface area contributed by atoms with Crippen LogP contribution in [-0.2, 0) is 6.42 Å². The zero-order chi connectivity index (χ0) is 18.8. The van der Waals surface area contributed by atoms with Gasteiger partial charge in [-0.2, -0.15) is 0 Å². The Labute approximate surface area is 157 Å². The van der Waals surface area contributed by atoms with Gasteiger partial charge in [-0.3, -0.25) is 9.78 Å². The minimum Gasteiger partial charge on any atom is -0.361 e. The van der Waals surface area contributed by atoms with E-state index in [0.717, 1.165) is 54.3 Å². The number of amides is 1. The van der Waals surface area contributed by atoms with Gasteiger partial charge in [0.2, 0.25) is 0 Å². The quantitative estimate of drug-likeness (QED) is 0.709. The number of hydrogen-bond donors (Lipinski definition) is 0. The normalized spacial score (nSPS) is 16.7. The van der Waals surface area contributed by atoms with E-state index in [1.807, 2.05) is 36.9 Å². The summed E-state index contributed by atoms with van der Waals surface area (Å²) in [5.74, 6) is 1.17.